The number of hydrogen-bond acceptors (Lipinski definition) is 8. The van der Waals surface area contributed by atoms with Crippen LogP contribution >= 0.6 is 0 Å². The predicted octanol–water partition coefficient (Wildman–Crippen LogP) is 1.51. The number of aliphatic carboxylic acids is 1. The summed E-state index contributed by atoms with van der Waals surface area (Å²) in [6.07, 6.45) is -3.11. The lowest BCUT2D eigenvalue weighted by Gasteiger charge is -2.63. The Hall–Kier alpha value is -1.52. The van der Waals surface area contributed by atoms with Crippen molar-refractivity contribution in [2.75, 3.05) is 0 Å². The molecule has 0 aromatic rings. The van der Waals surface area contributed by atoms with Gasteiger partial charge in [-0.2, -0.15) is 0 Å². The van der Waals surface area contributed by atoms with Gasteiger partial charge in [0, 0.05) is 0 Å². The fraction of sp³-hybridized carbons (Fsp3) is 0.846. The van der Waals surface area contributed by atoms with Crippen LogP contribution in [0.4, 0.5) is 0 Å². The third-order valence-corrected chi connectivity index (χ3v) is 10.5. The summed E-state index contributed by atoms with van der Waals surface area (Å²) in [7, 11) is 0. The molecule has 11 atom stereocenters. The molecule has 0 radical (unpaired) electrons. The Morgan fingerprint density at radius 3 is 2.46 bits per heavy atom. The fourth-order valence-corrected chi connectivity index (χ4v) is 8.87. The molecule has 5 fully saturated rings. The maximum Gasteiger partial charge on any atom is 0.335 e. The second kappa shape index (κ2) is 7.99. The zero-order chi connectivity index (χ0) is 27.1. The number of ether oxygens (including phenoxy) is 2. The molecule has 35 heavy (non-hydrogen) atoms. The summed E-state index contributed by atoms with van der Waals surface area (Å²) in [4.78, 5) is 25.2. The van der Waals surface area contributed by atoms with Crippen molar-refractivity contribution < 1.29 is 47.3 Å². The maximum absolute atomic E-state index is 13.7. The molecule has 5 aliphatic rings. The van der Waals surface area contributed by atoms with Crippen LogP contribution in [0.3, 0.4) is 0 Å². The highest BCUT2D eigenvalue weighted by atomic mass is 16.7. The van der Waals surface area contributed by atoms with Crippen LogP contribution in [0.1, 0.15) is 74.4 Å². The summed E-state index contributed by atoms with van der Waals surface area (Å²) in [6, 6.07) is 0. The average Bonchev–Trinajstić information content (AvgIpc) is 3.04. The second-order valence-electron chi connectivity index (χ2n) is 12.3. The minimum Gasteiger partial charge on any atom is -0.479 e. The third-order valence-electron chi connectivity index (χ3n) is 10.5. The van der Waals surface area contributed by atoms with E-state index in [1.807, 2.05) is 6.92 Å². The molecule has 0 unspecified atom stereocenters. The van der Waals surface area contributed by atoms with Gasteiger partial charge >= 0.3 is 11.9 Å². The smallest absolute Gasteiger partial charge is 0.335 e. The van der Waals surface area contributed by atoms with Gasteiger partial charge in [0.25, 0.3) is 0 Å². The number of esters is 1. The number of aliphatic hydroxyl groups is 4. The number of hydrogen-bond donors (Lipinski definition) is 5. The first-order chi connectivity index (χ1) is 17.2. The molecule has 1 spiro atoms. The Morgan fingerprint density at radius 1 is 1.06 bits per heavy atom. The quantitative estimate of drug-likeness (QED) is 0.222. The zero-order valence-corrected chi connectivity index (χ0v) is 20.3. The molecule has 0 aromatic carbocycles. The van der Waals surface area contributed by atoms with E-state index in [1.54, 1.807) is 0 Å². The summed E-state index contributed by atoms with van der Waals surface area (Å²) in [5.74, 6) is -2.04. The minimum absolute atomic E-state index is 0.0749. The summed E-state index contributed by atoms with van der Waals surface area (Å²) >= 11 is 0. The van der Waals surface area contributed by atoms with Crippen molar-refractivity contribution in [3.63, 3.8) is 0 Å². The van der Waals surface area contributed by atoms with E-state index in [9.17, 15) is 35.1 Å². The highest BCUT2D eigenvalue weighted by Gasteiger charge is 2.68. The molecule has 5 N–H and O–H groups in total. The van der Waals surface area contributed by atoms with Crippen LogP contribution in [0, 0.1) is 28.1 Å². The Balaban J connectivity index is 1.40. The Bertz CT molecular complexity index is 1020. The molecule has 4 aliphatic carbocycles. The molecule has 5 rings (SSSR count). The summed E-state index contributed by atoms with van der Waals surface area (Å²) in [6.45, 7) is 3.76. The highest BCUT2D eigenvalue weighted by Crippen LogP contribution is 2.73. The standard InChI is InChI=1S/C26H38O9/c1-13-11-25-9-5-14-23(2,15(25)6-10-26(13,33)12-25)7-4-8-24(14,3)22(32)35-21-18(29)16(27)17(28)19(34-21)20(30)31/h14-19,21,27-29,33H,1,4-12H2,2-3H3,(H,30,31)/t14-,15-,16-,17-,18+,19-,21-,23+,24+,25+,26-/m0/s1/i1+1D2. The van der Waals surface area contributed by atoms with Crippen molar-refractivity contribution in [1.82, 2.24) is 0 Å². The number of carbonyl (C=O) groups is 2. The minimum atomic E-state index is -1.87. The molecule has 9 nitrogen and oxygen atoms in total. The van der Waals surface area contributed by atoms with E-state index in [4.69, 9.17) is 12.2 Å². The monoisotopic (exact) mass is 497 g/mol. The normalized spacial score (nSPS) is 54.1. The van der Waals surface area contributed by atoms with Gasteiger partial charge in [0.1, 0.15) is 18.3 Å². The number of carboxylic acids is 1. The van der Waals surface area contributed by atoms with E-state index >= 15 is 0 Å². The molecular weight excluding hydrogens is 457 g/mol. The topological polar surface area (TPSA) is 154 Å². The summed E-state index contributed by atoms with van der Waals surface area (Å²) < 4.78 is 26.6. The van der Waals surface area contributed by atoms with E-state index in [0.717, 1.165) is 25.7 Å². The molecule has 196 valence electrons. The molecule has 1 aliphatic heterocycles. The van der Waals surface area contributed by atoms with Gasteiger partial charge in [-0.25, -0.2) is 4.79 Å². The lowest BCUT2D eigenvalue weighted by atomic mass is 9.41. The number of rotatable bonds is 3. The van der Waals surface area contributed by atoms with E-state index in [1.165, 1.54) is 0 Å². The van der Waals surface area contributed by atoms with Crippen LogP contribution in [0.2, 0.25) is 0 Å². The number of carboxylic acid groups (broad SMARTS) is 1. The summed E-state index contributed by atoms with van der Waals surface area (Å²) in [5, 5.41) is 51.1. The van der Waals surface area contributed by atoms with E-state index in [-0.39, 0.29) is 29.2 Å². The second-order valence-corrected chi connectivity index (χ2v) is 12.3. The Labute approximate surface area is 207 Å². The molecule has 2 bridgehead atoms. The van der Waals surface area contributed by atoms with Gasteiger partial charge in [-0.3, -0.25) is 4.79 Å². The first-order valence-corrected chi connectivity index (χ1v) is 12.7. The van der Waals surface area contributed by atoms with E-state index in [0.29, 0.717) is 37.7 Å². The van der Waals surface area contributed by atoms with Gasteiger partial charge in [0.2, 0.25) is 6.29 Å². The zero-order valence-electron chi connectivity index (χ0n) is 22.3. The van der Waals surface area contributed by atoms with Gasteiger partial charge in [-0.1, -0.05) is 19.9 Å². The fourth-order valence-electron chi connectivity index (χ4n) is 8.87. The lowest BCUT2D eigenvalue weighted by molar-refractivity contribution is -0.292. The first-order valence-electron chi connectivity index (χ1n) is 13.7. The molecule has 0 amide bonds. The Kier molecular flexibility index (Phi) is 5.17. The van der Waals surface area contributed by atoms with Crippen LogP contribution in [-0.4, -0.2) is 73.8 Å². The highest BCUT2D eigenvalue weighted by molar-refractivity contribution is 5.77. The van der Waals surface area contributed by atoms with Gasteiger partial charge in [0.05, 0.1) is 13.8 Å². The molecule has 0 aromatic heterocycles. The van der Waals surface area contributed by atoms with Crippen molar-refractivity contribution in [3.05, 3.63) is 12.1 Å². The van der Waals surface area contributed by atoms with Crippen molar-refractivity contribution in [2.24, 2.45) is 28.1 Å². The van der Waals surface area contributed by atoms with E-state index < -0.39 is 53.7 Å². The number of carbonyl (C=O) groups excluding carboxylic acids is 1. The van der Waals surface area contributed by atoms with E-state index in [2.05, 4.69) is 6.92 Å². The van der Waals surface area contributed by atoms with Crippen molar-refractivity contribution in [2.45, 2.75) is 108 Å². The largest absolute Gasteiger partial charge is 0.479 e. The number of aliphatic hydroxyl groups excluding tert-OH is 3. The molecule has 1 heterocycles. The van der Waals surface area contributed by atoms with Crippen LogP contribution in [0.25, 0.3) is 0 Å². The SMILES string of the molecule is [2H][13C]([2H])=C1C[C@@]23CC[C@H]4[C@@](C)(CCC[C@@]4(C)C(=O)O[C@@H]4O[C@H](C(=O)O)[C@@H](O)[C@H](O)[C@H]4O)[C@@H]2CC[C@]1(O)C3. The molecular formula is C26H38O9. The van der Waals surface area contributed by atoms with Gasteiger partial charge < -0.3 is 35.0 Å². The first kappa shape index (κ1) is 22.7. The van der Waals surface area contributed by atoms with Crippen molar-refractivity contribution in [1.29, 1.82) is 0 Å². The van der Waals surface area contributed by atoms with Gasteiger partial charge in [-0.15, -0.1) is 0 Å². The van der Waals surface area contributed by atoms with Crippen LogP contribution in [0.5, 0.6) is 0 Å². The predicted molar refractivity (Wildman–Crippen MR) is 122 cm³/mol. The Morgan fingerprint density at radius 2 is 1.77 bits per heavy atom. The molecule has 4 saturated carbocycles. The average molecular weight is 498 g/mol. The van der Waals surface area contributed by atoms with Gasteiger partial charge in [-0.05, 0) is 86.5 Å². The molecule has 1 saturated heterocycles. The van der Waals surface area contributed by atoms with Gasteiger partial charge in [0.15, 0.2) is 6.10 Å². The summed E-state index contributed by atoms with van der Waals surface area (Å²) in [5.41, 5.74) is -1.96. The van der Waals surface area contributed by atoms with Crippen molar-refractivity contribution >= 4 is 11.9 Å². The van der Waals surface area contributed by atoms with Crippen molar-refractivity contribution in [3.8, 4) is 0 Å². The van der Waals surface area contributed by atoms with Crippen LogP contribution in [0.15, 0.2) is 12.1 Å². The van der Waals surface area contributed by atoms with Crippen LogP contribution in [-0.2, 0) is 19.1 Å². The lowest BCUT2D eigenvalue weighted by Crippen LogP contribution is -2.62. The number of fused-ring (bicyclic) bond motifs is 3. The molecule has 9 heteroatoms. The third kappa shape index (κ3) is 3.45. The van der Waals surface area contributed by atoms with Crippen LogP contribution < -0.4 is 0 Å². The maximum atomic E-state index is 13.7.